The molecule has 2 aromatic carbocycles. The number of nitrogens with one attached hydrogen (secondary N) is 2. The van der Waals surface area contributed by atoms with Gasteiger partial charge in [-0.25, -0.2) is 4.98 Å². The molecule has 1 aromatic heterocycles. The van der Waals surface area contributed by atoms with Gasteiger partial charge >= 0.3 is 0 Å². The van der Waals surface area contributed by atoms with Gasteiger partial charge in [0.15, 0.2) is 12.4 Å². The van der Waals surface area contributed by atoms with E-state index in [1.165, 1.54) is 12.1 Å². The SMILES string of the molecule is CC1(C)CC(=O)c2c(O)cc(OCC(=O)NCCCc3nc4ccccc4[nH]3)cc2O1. The number of carbonyl (C=O) groups excluding carboxylic acids is 2. The number of para-hydroxylation sites is 2. The van der Waals surface area contributed by atoms with Gasteiger partial charge in [0.05, 0.1) is 17.5 Å². The van der Waals surface area contributed by atoms with E-state index in [0.717, 1.165) is 29.7 Å². The summed E-state index contributed by atoms with van der Waals surface area (Å²) in [6.45, 7) is 3.88. The van der Waals surface area contributed by atoms with Crippen molar-refractivity contribution in [3.8, 4) is 17.2 Å². The quantitative estimate of drug-likeness (QED) is 0.503. The predicted molar refractivity (Wildman–Crippen MR) is 115 cm³/mol. The molecule has 162 valence electrons. The summed E-state index contributed by atoms with van der Waals surface area (Å²) >= 11 is 0. The number of phenolic OH excluding ortho intramolecular Hbond substituents is 1. The number of fused-ring (bicyclic) bond motifs is 2. The molecule has 4 rings (SSSR count). The molecule has 0 radical (unpaired) electrons. The van der Waals surface area contributed by atoms with E-state index >= 15 is 0 Å². The van der Waals surface area contributed by atoms with Crippen molar-refractivity contribution in [1.29, 1.82) is 0 Å². The Morgan fingerprint density at radius 1 is 1.32 bits per heavy atom. The van der Waals surface area contributed by atoms with Crippen LogP contribution in [0.5, 0.6) is 17.2 Å². The molecule has 1 aliphatic heterocycles. The Morgan fingerprint density at radius 3 is 2.94 bits per heavy atom. The third-order valence-corrected chi connectivity index (χ3v) is 5.03. The summed E-state index contributed by atoms with van der Waals surface area (Å²) in [4.78, 5) is 32.1. The van der Waals surface area contributed by atoms with Gasteiger partial charge in [-0.3, -0.25) is 9.59 Å². The molecular formula is C23H25N3O5. The van der Waals surface area contributed by atoms with E-state index in [-0.39, 0.29) is 47.5 Å². The van der Waals surface area contributed by atoms with Crippen molar-refractivity contribution in [3.05, 3.63) is 47.8 Å². The Hall–Kier alpha value is -3.55. The van der Waals surface area contributed by atoms with Crippen LogP contribution in [-0.2, 0) is 11.2 Å². The fourth-order valence-electron chi connectivity index (χ4n) is 3.64. The van der Waals surface area contributed by atoms with Crippen LogP contribution in [0.3, 0.4) is 0 Å². The van der Waals surface area contributed by atoms with Crippen molar-refractivity contribution in [3.63, 3.8) is 0 Å². The molecule has 0 unspecified atom stereocenters. The molecule has 0 spiro atoms. The number of benzene rings is 2. The first-order valence-electron chi connectivity index (χ1n) is 10.2. The van der Waals surface area contributed by atoms with Crippen molar-refractivity contribution >= 4 is 22.7 Å². The molecule has 2 heterocycles. The summed E-state index contributed by atoms with van der Waals surface area (Å²) < 4.78 is 11.3. The average Bonchev–Trinajstić information content (AvgIpc) is 3.11. The summed E-state index contributed by atoms with van der Waals surface area (Å²) in [6.07, 6.45) is 1.64. The second-order valence-electron chi connectivity index (χ2n) is 8.22. The van der Waals surface area contributed by atoms with Crippen LogP contribution in [-0.4, -0.2) is 45.5 Å². The standard InChI is InChI=1S/C23H25N3O5/c1-23(2)12-18(28)22-17(27)10-14(11-19(22)31-23)30-13-21(29)24-9-5-8-20-25-15-6-3-4-7-16(15)26-20/h3-4,6-7,10-11,27H,5,8-9,12-13H2,1-2H3,(H,24,29)(H,25,26). The smallest absolute Gasteiger partial charge is 0.257 e. The van der Waals surface area contributed by atoms with Crippen LogP contribution >= 0.6 is 0 Å². The van der Waals surface area contributed by atoms with Crippen molar-refractivity contribution in [1.82, 2.24) is 15.3 Å². The highest BCUT2D eigenvalue weighted by atomic mass is 16.5. The van der Waals surface area contributed by atoms with E-state index in [1.807, 2.05) is 24.3 Å². The lowest BCUT2D eigenvalue weighted by molar-refractivity contribution is -0.123. The van der Waals surface area contributed by atoms with Gasteiger partial charge in [-0.2, -0.15) is 0 Å². The molecule has 0 saturated heterocycles. The summed E-state index contributed by atoms with van der Waals surface area (Å²) in [5.41, 5.74) is 1.42. The first-order chi connectivity index (χ1) is 14.8. The van der Waals surface area contributed by atoms with Crippen LogP contribution in [0.15, 0.2) is 36.4 Å². The Morgan fingerprint density at radius 2 is 2.13 bits per heavy atom. The lowest BCUT2D eigenvalue weighted by Crippen LogP contribution is -2.36. The topological polar surface area (TPSA) is 114 Å². The number of hydrogen-bond acceptors (Lipinski definition) is 6. The van der Waals surface area contributed by atoms with E-state index in [2.05, 4.69) is 15.3 Å². The molecule has 0 atom stereocenters. The monoisotopic (exact) mass is 423 g/mol. The van der Waals surface area contributed by atoms with Crippen molar-refractivity contribution < 1.29 is 24.2 Å². The number of phenols is 1. The number of rotatable bonds is 7. The number of H-pyrrole nitrogens is 1. The maximum absolute atomic E-state index is 12.2. The van der Waals surface area contributed by atoms with Crippen LogP contribution in [0.2, 0.25) is 0 Å². The molecule has 8 heteroatoms. The molecule has 8 nitrogen and oxygen atoms in total. The van der Waals surface area contributed by atoms with E-state index < -0.39 is 5.60 Å². The third kappa shape index (κ3) is 4.79. The molecule has 3 aromatic rings. The van der Waals surface area contributed by atoms with Crippen LogP contribution in [0, 0.1) is 0 Å². The molecule has 31 heavy (non-hydrogen) atoms. The third-order valence-electron chi connectivity index (χ3n) is 5.03. The van der Waals surface area contributed by atoms with Gasteiger partial charge in [-0.1, -0.05) is 12.1 Å². The fraction of sp³-hybridized carbons (Fsp3) is 0.348. The number of aromatic nitrogens is 2. The summed E-state index contributed by atoms with van der Waals surface area (Å²) in [5.74, 6) is 0.742. The molecule has 1 aliphatic rings. The van der Waals surface area contributed by atoms with Crippen LogP contribution in [0.1, 0.15) is 42.9 Å². The predicted octanol–water partition coefficient (Wildman–Crippen LogP) is 3.14. The number of aryl methyl sites for hydroxylation is 1. The average molecular weight is 423 g/mol. The number of ether oxygens (including phenoxy) is 2. The van der Waals surface area contributed by atoms with Gasteiger partial charge in [0.25, 0.3) is 5.91 Å². The zero-order valence-corrected chi connectivity index (χ0v) is 17.5. The first kappa shape index (κ1) is 20.7. The Kier molecular flexibility index (Phi) is 5.54. The van der Waals surface area contributed by atoms with Crippen molar-refractivity contribution in [2.24, 2.45) is 0 Å². The number of hydrogen-bond donors (Lipinski definition) is 3. The highest BCUT2D eigenvalue weighted by Crippen LogP contribution is 2.40. The summed E-state index contributed by atoms with van der Waals surface area (Å²) in [6, 6.07) is 10.7. The Balaban J connectivity index is 1.26. The number of aromatic amines is 1. The number of nitrogens with zero attached hydrogens (tertiary/aromatic N) is 1. The fourth-order valence-corrected chi connectivity index (χ4v) is 3.64. The minimum Gasteiger partial charge on any atom is -0.507 e. The molecule has 0 fully saturated rings. The van der Waals surface area contributed by atoms with Gasteiger partial charge in [0, 0.05) is 25.1 Å². The zero-order valence-electron chi connectivity index (χ0n) is 17.5. The largest absolute Gasteiger partial charge is 0.507 e. The summed E-state index contributed by atoms with van der Waals surface area (Å²) in [5, 5.41) is 13.0. The van der Waals surface area contributed by atoms with Gasteiger partial charge in [-0.05, 0) is 32.4 Å². The Labute approximate surface area is 179 Å². The van der Waals surface area contributed by atoms with E-state index in [4.69, 9.17) is 9.47 Å². The normalized spacial score (nSPS) is 14.7. The van der Waals surface area contributed by atoms with Gasteiger partial charge < -0.3 is 24.9 Å². The maximum Gasteiger partial charge on any atom is 0.257 e. The van der Waals surface area contributed by atoms with Crippen LogP contribution in [0.4, 0.5) is 0 Å². The minimum atomic E-state index is -0.660. The minimum absolute atomic E-state index is 0.154. The molecule has 3 N–H and O–H groups in total. The highest BCUT2D eigenvalue weighted by molar-refractivity contribution is 6.03. The number of ketones is 1. The van der Waals surface area contributed by atoms with E-state index in [9.17, 15) is 14.7 Å². The van der Waals surface area contributed by atoms with Gasteiger partial charge in [0.2, 0.25) is 0 Å². The van der Waals surface area contributed by atoms with Crippen LogP contribution in [0.25, 0.3) is 11.0 Å². The highest BCUT2D eigenvalue weighted by Gasteiger charge is 2.35. The number of aromatic hydroxyl groups is 1. The molecule has 0 bridgehead atoms. The second-order valence-corrected chi connectivity index (χ2v) is 8.22. The number of carbonyl (C=O) groups is 2. The second kappa shape index (κ2) is 8.29. The number of Topliss-reactive ketones (excluding diaryl/α,β-unsaturated/α-hetero) is 1. The van der Waals surface area contributed by atoms with E-state index in [1.54, 1.807) is 13.8 Å². The zero-order chi connectivity index (χ0) is 22.0. The maximum atomic E-state index is 12.2. The van der Waals surface area contributed by atoms with E-state index in [0.29, 0.717) is 6.54 Å². The van der Waals surface area contributed by atoms with Gasteiger partial charge in [-0.15, -0.1) is 0 Å². The summed E-state index contributed by atoms with van der Waals surface area (Å²) in [7, 11) is 0. The lowest BCUT2D eigenvalue weighted by atomic mass is 9.92. The first-order valence-corrected chi connectivity index (χ1v) is 10.2. The molecule has 1 amide bonds. The number of imidazole rings is 1. The lowest BCUT2D eigenvalue weighted by Gasteiger charge is -2.32. The van der Waals surface area contributed by atoms with Gasteiger partial charge in [0.1, 0.15) is 34.2 Å². The van der Waals surface area contributed by atoms with Crippen LogP contribution < -0.4 is 14.8 Å². The molecule has 0 aliphatic carbocycles. The number of amides is 1. The van der Waals surface area contributed by atoms with Crippen molar-refractivity contribution in [2.45, 2.75) is 38.7 Å². The van der Waals surface area contributed by atoms with Crippen molar-refractivity contribution in [2.75, 3.05) is 13.2 Å². The molecule has 0 saturated carbocycles. The Bertz CT molecular complexity index is 1100. The molecular weight excluding hydrogens is 398 g/mol.